The first-order chi connectivity index (χ1) is 8.18. The van der Waals surface area contributed by atoms with Gasteiger partial charge in [-0.15, -0.1) is 0 Å². The quantitative estimate of drug-likeness (QED) is 0.665. The van der Waals surface area contributed by atoms with Crippen molar-refractivity contribution in [2.24, 2.45) is 0 Å². The van der Waals surface area contributed by atoms with Crippen LogP contribution in [0.15, 0.2) is 36.4 Å². The molecule has 0 amide bonds. The van der Waals surface area contributed by atoms with E-state index >= 15 is 0 Å². The van der Waals surface area contributed by atoms with Gasteiger partial charge < -0.3 is 0 Å². The van der Waals surface area contributed by atoms with E-state index in [2.05, 4.69) is 19.9 Å². The lowest BCUT2D eigenvalue weighted by Gasteiger charge is -2.11. The van der Waals surface area contributed by atoms with Crippen molar-refractivity contribution in [2.45, 2.75) is 39.0 Å². The Morgan fingerprint density at radius 3 is 2.76 bits per heavy atom. The minimum Gasteiger partial charge on any atom is -0.206 e. The third-order valence-corrected chi connectivity index (χ3v) is 3.26. The maximum atomic E-state index is 14.1. The lowest BCUT2D eigenvalue weighted by atomic mass is 9.96. The second kappa shape index (κ2) is 5.31. The summed E-state index contributed by atoms with van der Waals surface area (Å²) in [6.45, 7) is 4.17. The molecular weight excluding hydrogens is 211 g/mol. The van der Waals surface area contributed by atoms with Crippen molar-refractivity contribution in [2.75, 3.05) is 0 Å². The standard InChI is InChI=1S/C16H19F/c1-12(2)14-9-10-15(16(17)11-14)13-7-5-3-4-6-8-13/h3,5,7,9-12H,4,6,8H2,1-2H3. The zero-order valence-corrected chi connectivity index (χ0v) is 10.5. The molecule has 0 saturated carbocycles. The Morgan fingerprint density at radius 1 is 1.24 bits per heavy atom. The van der Waals surface area contributed by atoms with Crippen LogP contribution in [0.5, 0.6) is 0 Å². The fraction of sp³-hybridized carbons (Fsp3) is 0.375. The van der Waals surface area contributed by atoms with Gasteiger partial charge in [-0.3, -0.25) is 0 Å². The SMILES string of the molecule is CC(C)c1ccc(C2=CC=CCCC2)c(F)c1. The van der Waals surface area contributed by atoms with Crippen LogP contribution in [0.2, 0.25) is 0 Å². The van der Waals surface area contributed by atoms with Gasteiger partial charge in [-0.25, -0.2) is 4.39 Å². The van der Waals surface area contributed by atoms with Gasteiger partial charge in [0.05, 0.1) is 0 Å². The molecule has 1 heteroatoms. The summed E-state index contributed by atoms with van der Waals surface area (Å²) in [7, 11) is 0. The average Bonchev–Trinajstić information content (AvgIpc) is 2.57. The van der Waals surface area contributed by atoms with Crippen molar-refractivity contribution < 1.29 is 4.39 Å². The molecule has 0 atom stereocenters. The van der Waals surface area contributed by atoms with E-state index in [-0.39, 0.29) is 5.82 Å². The number of benzene rings is 1. The summed E-state index contributed by atoms with van der Waals surface area (Å²) in [5.74, 6) is 0.291. The first-order valence-electron chi connectivity index (χ1n) is 6.34. The fourth-order valence-corrected chi connectivity index (χ4v) is 2.15. The molecule has 0 nitrogen and oxygen atoms in total. The molecule has 0 saturated heterocycles. The number of rotatable bonds is 2. The van der Waals surface area contributed by atoms with Crippen molar-refractivity contribution in [1.29, 1.82) is 0 Å². The summed E-state index contributed by atoms with van der Waals surface area (Å²) in [4.78, 5) is 0. The van der Waals surface area contributed by atoms with Crippen LogP contribution < -0.4 is 0 Å². The van der Waals surface area contributed by atoms with Crippen molar-refractivity contribution in [1.82, 2.24) is 0 Å². The number of halogens is 1. The molecule has 0 unspecified atom stereocenters. The number of hydrogen-bond acceptors (Lipinski definition) is 0. The zero-order chi connectivity index (χ0) is 12.3. The van der Waals surface area contributed by atoms with Crippen LogP contribution in [0.25, 0.3) is 5.57 Å². The Hall–Kier alpha value is -1.37. The lowest BCUT2D eigenvalue weighted by Crippen LogP contribution is -1.94. The average molecular weight is 230 g/mol. The van der Waals surface area contributed by atoms with Crippen LogP contribution in [0.4, 0.5) is 4.39 Å². The highest BCUT2D eigenvalue weighted by Crippen LogP contribution is 2.27. The highest BCUT2D eigenvalue weighted by Gasteiger charge is 2.10. The van der Waals surface area contributed by atoms with E-state index in [1.807, 2.05) is 24.3 Å². The number of allylic oxidation sites excluding steroid dienone is 4. The monoisotopic (exact) mass is 230 g/mol. The summed E-state index contributed by atoms with van der Waals surface area (Å²) in [6.07, 6.45) is 9.39. The molecule has 0 radical (unpaired) electrons. The molecule has 0 heterocycles. The molecule has 0 spiro atoms. The lowest BCUT2D eigenvalue weighted by molar-refractivity contribution is 0.618. The highest BCUT2D eigenvalue weighted by molar-refractivity contribution is 5.68. The largest absolute Gasteiger partial charge is 0.206 e. The van der Waals surface area contributed by atoms with Crippen LogP contribution in [-0.4, -0.2) is 0 Å². The first-order valence-corrected chi connectivity index (χ1v) is 6.34. The van der Waals surface area contributed by atoms with E-state index in [1.165, 1.54) is 0 Å². The first kappa shape index (κ1) is 12.1. The van der Waals surface area contributed by atoms with Crippen molar-refractivity contribution >= 4 is 5.57 Å². The molecular formula is C16H19F. The summed E-state index contributed by atoms with van der Waals surface area (Å²) in [5, 5.41) is 0. The molecule has 0 fully saturated rings. The van der Waals surface area contributed by atoms with Crippen molar-refractivity contribution in [3.63, 3.8) is 0 Å². The smallest absolute Gasteiger partial charge is 0.130 e. The van der Waals surface area contributed by atoms with Gasteiger partial charge in [-0.1, -0.05) is 44.2 Å². The van der Waals surface area contributed by atoms with Gasteiger partial charge in [0.1, 0.15) is 5.82 Å². The molecule has 90 valence electrons. The molecule has 0 N–H and O–H groups in total. The Labute approximate surface area is 103 Å². The van der Waals surface area contributed by atoms with E-state index in [0.29, 0.717) is 5.92 Å². The Morgan fingerprint density at radius 2 is 2.06 bits per heavy atom. The molecule has 1 aromatic rings. The van der Waals surface area contributed by atoms with Crippen LogP contribution in [0.1, 0.15) is 50.2 Å². The highest BCUT2D eigenvalue weighted by atomic mass is 19.1. The van der Waals surface area contributed by atoms with E-state index in [0.717, 1.165) is 36.0 Å². The van der Waals surface area contributed by atoms with Gasteiger partial charge in [0, 0.05) is 5.56 Å². The van der Waals surface area contributed by atoms with Gasteiger partial charge in [0.2, 0.25) is 0 Å². The third kappa shape index (κ3) is 2.85. The summed E-state index contributed by atoms with van der Waals surface area (Å²) < 4.78 is 14.1. The van der Waals surface area contributed by atoms with Crippen LogP contribution in [-0.2, 0) is 0 Å². The molecule has 0 aliphatic heterocycles. The maximum absolute atomic E-state index is 14.1. The molecule has 2 rings (SSSR count). The van der Waals surface area contributed by atoms with Crippen LogP contribution >= 0.6 is 0 Å². The van der Waals surface area contributed by atoms with E-state index in [4.69, 9.17) is 0 Å². The molecule has 0 aromatic heterocycles. The van der Waals surface area contributed by atoms with Crippen LogP contribution in [0, 0.1) is 5.82 Å². The van der Waals surface area contributed by atoms with Gasteiger partial charge in [0.25, 0.3) is 0 Å². The van der Waals surface area contributed by atoms with Crippen molar-refractivity contribution in [3.05, 3.63) is 53.4 Å². The molecule has 1 aromatic carbocycles. The van der Waals surface area contributed by atoms with Gasteiger partial charge in [0.15, 0.2) is 0 Å². The Kier molecular flexibility index (Phi) is 3.78. The zero-order valence-electron chi connectivity index (χ0n) is 10.5. The second-order valence-electron chi connectivity index (χ2n) is 4.91. The normalized spacial score (nSPS) is 15.9. The number of hydrogen-bond donors (Lipinski definition) is 0. The Bertz CT molecular complexity index is 453. The van der Waals surface area contributed by atoms with Gasteiger partial charge >= 0.3 is 0 Å². The van der Waals surface area contributed by atoms with Gasteiger partial charge in [-0.05, 0) is 42.4 Å². The predicted molar refractivity (Wildman–Crippen MR) is 71.5 cm³/mol. The second-order valence-corrected chi connectivity index (χ2v) is 4.91. The summed E-state index contributed by atoms with van der Waals surface area (Å²) in [6, 6.07) is 5.64. The third-order valence-electron chi connectivity index (χ3n) is 3.26. The minimum absolute atomic E-state index is 0.0854. The van der Waals surface area contributed by atoms with E-state index < -0.39 is 0 Å². The molecule has 17 heavy (non-hydrogen) atoms. The Balaban J connectivity index is 2.33. The van der Waals surface area contributed by atoms with Crippen molar-refractivity contribution in [3.8, 4) is 0 Å². The summed E-state index contributed by atoms with van der Waals surface area (Å²) >= 11 is 0. The van der Waals surface area contributed by atoms with Crippen LogP contribution in [0.3, 0.4) is 0 Å². The van der Waals surface area contributed by atoms with E-state index in [9.17, 15) is 4.39 Å². The molecule has 1 aliphatic rings. The molecule has 0 bridgehead atoms. The predicted octanol–water partition coefficient (Wildman–Crippen LogP) is 5.07. The molecule has 1 aliphatic carbocycles. The fourth-order valence-electron chi connectivity index (χ4n) is 2.15. The minimum atomic E-state index is -0.0854. The van der Waals surface area contributed by atoms with E-state index in [1.54, 1.807) is 6.07 Å². The topological polar surface area (TPSA) is 0 Å². The maximum Gasteiger partial charge on any atom is 0.130 e. The van der Waals surface area contributed by atoms with Gasteiger partial charge in [-0.2, -0.15) is 0 Å². The summed E-state index contributed by atoms with van der Waals surface area (Å²) in [5.41, 5.74) is 2.95.